The summed E-state index contributed by atoms with van der Waals surface area (Å²) >= 11 is 0. The number of nitrogens with zero attached hydrogens (tertiary/aromatic N) is 1. The number of ether oxygens (including phenoxy) is 1. The minimum absolute atomic E-state index is 0.113. The number of carbonyl (C=O) groups is 3. The molecule has 2 aliphatic rings. The van der Waals surface area contributed by atoms with Gasteiger partial charge in [-0.3, -0.25) is 9.69 Å². The molecule has 42 heavy (non-hydrogen) atoms. The molecular weight excluding hydrogens is 530 g/mol. The van der Waals surface area contributed by atoms with Gasteiger partial charge in [-0.15, -0.1) is 0 Å². The number of fused-ring (bicyclic) bond motifs is 3. The van der Waals surface area contributed by atoms with Gasteiger partial charge in [-0.05, 0) is 46.1 Å². The number of likely N-dealkylation sites (tertiary alicyclic amines) is 1. The van der Waals surface area contributed by atoms with Gasteiger partial charge in [0, 0.05) is 25.6 Å². The Balaban J connectivity index is 1.31. The van der Waals surface area contributed by atoms with Crippen LogP contribution in [0.2, 0.25) is 0 Å². The van der Waals surface area contributed by atoms with Gasteiger partial charge < -0.3 is 20.5 Å². The van der Waals surface area contributed by atoms with Crippen molar-refractivity contribution in [3.63, 3.8) is 0 Å². The van der Waals surface area contributed by atoms with Crippen LogP contribution in [0.25, 0.3) is 11.1 Å². The number of carbonyl (C=O) groups excluding carboxylic acids is 2. The second-order valence-electron chi connectivity index (χ2n) is 12.4. The standard InChI is InChI=1S/C34H39N3O5/c1-33(2,3)29(30(38)39)35-31(40)34(17-19-37(20-18-34)21-23-11-5-4-6-12-23)36-32(41)42-22-28-26-15-9-7-13-24(26)25-14-8-10-16-27(25)28/h4-16,28-29H,17-22H2,1-3H3,(H,35,40)(H,36,41)(H,38,39). The van der Waals surface area contributed by atoms with Gasteiger partial charge in [0.05, 0.1) is 0 Å². The van der Waals surface area contributed by atoms with E-state index in [1.165, 1.54) is 0 Å². The minimum Gasteiger partial charge on any atom is -0.480 e. The molecule has 1 atom stereocenters. The molecule has 1 aliphatic heterocycles. The van der Waals surface area contributed by atoms with E-state index >= 15 is 0 Å². The summed E-state index contributed by atoms with van der Waals surface area (Å²) in [5.74, 6) is -1.73. The van der Waals surface area contributed by atoms with Crippen LogP contribution in [0.4, 0.5) is 4.79 Å². The summed E-state index contributed by atoms with van der Waals surface area (Å²) in [5, 5.41) is 15.5. The molecule has 8 nitrogen and oxygen atoms in total. The van der Waals surface area contributed by atoms with Crippen LogP contribution in [-0.2, 0) is 20.9 Å². The highest BCUT2D eigenvalue weighted by Crippen LogP contribution is 2.44. The van der Waals surface area contributed by atoms with Crippen LogP contribution in [0, 0.1) is 5.41 Å². The van der Waals surface area contributed by atoms with E-state index in [0.29, 0.717) is 25.9 Å². The number of rotatable bonds is 8. The quantitative estimate of drug-likeness (QED) is 0.345. The fourth-order valence-electron chi connectivity index (χ4n) is 6.09. The number of hydrogen-bond acceptors (Lipinski definition) is 5. The summed E-state index contributed by atoms with van der Waals surface area (Å²) in [6.07, 6.45) is -0.0373. The number of benzene rings is 3. The first kappa shape index (κ1) is 29.3. The number of nitrogens with one attached hydrogen (secondary N) is 2. The monoisotopic (exact) mass is 569 g/mol. The Labute approximate surface area is 247 Å². The molecule has 0 radical (unpaired) electrons. The molecule has 1 fully saturated rings. The van der Waals surface area contributed by atoms with Gasteiger partial charge in [0.1, 0.15) is 18.2 Å². The first-order valence-electron chi connectivity index (χ1n) is 14.5. The second kappa shape index (κ2) is 12.0. The Kier molecular flexibility index (Phi) is 8.36. The normalized spacial score (nSPS) is 17.0. The summed E-state index contributed by atoms with van der Waals surface area (Å²) in [7, 11) is 0. The van der Waals surface area contributed by atoms with Crippen LogP contribution >= 0.6 is 0 Å². The van der Waals surface area contributed by atoms with E-state index in [0.717, 1.165) is 34.4 Å². The lowest BCUT2D eigenvalue weighted by molar-refractivity contribution is -0.146. The van der Waals surface area contributed by atoms with E-state index in [1.54, 1.807) is 20.8 Å². The summed E-state index contributed by atoms with van der Waals surface area (Å²) in [6.45, 7) is 7.25. The van der Waals surface area contributed by atoms with Crippen molar-refractivity contribution in [1.29, 1.82) is 0 Å². The highest BCUT2D eigenvalue weighted by molar-refractivity contribution is 5.93. The third kappa shape index (κ3) is 6.19. The van der Waals surface area contributed by atoms with Crippen molar-refractivity contribution in [2.45, 2.75) is 57.7 Å². The number of aliphatic carboxylic acids is 1. The number of piperidine rings is 1. The number of alkyl carbamates (subject to hydrolysis) is 1. The van der Waals surface area contributed by atoms with Crippen molar-refractivity contribution < 1.29 is 24.2 Å². The summed E-state index contributed by atoms with van der Waals surface area (Å²) in [6, 6.07) is 25.2. The summed E-state index contributed by atoms with van der Waals surface area (Å²) < 4.78 is 5.80. The van der Waals surface area contributed by atoms with Gasteiger partial charge in [-0.2, -0.15) is 0 Å². The molecule has 3 aromatic rings. The molecule has 1 heterocycles. The second-order valence-corrected chi connectivity index (χ2v) is 12.4. The third-order valence-corrected chi connectivity index (χ3v) is 8.47. The van der Waals surface area contributed by atoms with Crippen LogP contribution in [0.1, 0.15) is 56.2 Å². The molecule has 5 rings (SSSR count). The molecule has 1 unspecified atom stereocenters. The van der Waals surface area contributed by atoms with E-state index in [-0.39, 0.29) is 12.5 Å². The fourth-order valence-corrected chi connectivity index (χ4v) is 6.09. The van der Waals surface area contributed by atoms with Crippen LogP contribution in [0.3, 0.4) is 0 Å². The number of hydrogen-bond donors (Lipinski definition) is 3. The van der Waals surface area contributed by atoms with Crippen molar-refractivity contribution >= 4 is 18.0 Å². The first-order valence-corrected chi connectivity index (χ1v) is 14.5. The molecule has 3 aromatic carbocycles. The highest BCUT2D eigenvalue weighted by Gasteiger charge is 2.46. The van der Waals surface area contributed by atoms with Gasteiger partial charge in [0.2, 0.25) is 5.91 Å². The van der Waals surface area contributed by atoms with Gasteiger partial charge in [-0.25, -0.2) is 9.59 Å². The lowest BCUT2D eigenvalue weighted by Gasteiger charge is -2.42. The van der Waals surface area contributed by atoms with Crippen molar-refractivity contribution in [2.75, 3.05) is 19.7 Å². The minimum atomic E-state index is -1.30. The van der Waals surface area contributed by atoms with E-state index in [1.807, 2.05) is 42.5 Å². The molecule has 220 valence electrons. The Bertz CT molecular complexity index is 1400. The highest BCUT2D eigenvalue weighted by atomic mass is 16.5. The Morgan fingerprint density at radius 1 is 0.905 bits per heavy atom. The number of carboxylic acid groups (broad SMARTS) is 1. The lowest BCUT2D eigenvalue weighted by atomic mass is 9.83. The van der Waals surface area contributed by atoms with Crippen LogP contribution in [0.15, 0.2) is 78.9 Å². The van der Waals surface area contributed by atoms with Gasteiger partial charge in [-0.1, -0.05) is 99.6 Å². The SMILES string of the molecule is CC(C)(C)C(NC(=O)C1(NC(=O)OCC2c3ccccc3-c3ccccc32)CCN(Cc2ccccc2)CC1)C(=O)O. The van der Waals surface area contributed by atoms with Crippen LogP contribution < -0.4 is 10.6 Å². The maximum atomic E-state index is 13.8. The van der Waals surface area contributed by atoms with Gasteiger partial charge >= 0.3 is 12.1 Å². The van der Waals surface area contributed by atoms with E-state index in [9.17, 15) is 19.5 Å². The van der Waals surface area contributed by atoms with Crippen molar-refractivity contribution in [2.24, 2.45) is 5.41 Å². The first-order chi connectivity index (χ1) is 20.1. The zero-order valence-corrected chi connectivity index (χ0v) is 24.4. The van der Waals surface area contributed by atoms with Crippen LogP contribution in [-0.4, -0.2) is 59.3 Å². The average Bonchev–Trinajstić information content (AvgIpc) is 3.29. The lowest BCUT2D eigenvalue weighted by Crippen LogP contribution is -2.66. The summed E-state index contributed by atoms with van der Waals surface area (Å²) in [4.78, 5) is 41.5. The van der Waals surface area contributed by atoms with Crippen molar-refractivity contribution in [3.8, 4) is 11.1 Å². The molecule has 1 aliphatic carbocycles. The Hall–Kier alpha value is -4.17. The average molecular weight is 570 g/mol. The summed E-state index contributed by atoms with van der Waals surface area (Å²) in [5.41, 5.74) is 3.61. The van der Waals surface area contributed by atoms with Gasteiger partial charge in [0.15, 0.2) is 0 Å². The molecule has 0 saturated carbocycles. The molecule has 2 amide bonds. The molecule has 0 spiro atoms. The van der Waals surface area contributed by atoms with Crippen molar-refractivity contribution in [3.05, 3.63) is 95.6 Å². The topological polar surface area (TPSA) is 108 Å². The molecule has 1 saturated heterocycles. The zero-order chi connectivity index (χ0) is 29.9. The van der Waals surface area contributed by atoms with Crippen molar-refractivity contribution in [1.82, 2.24) is 15.5 Å². The molecular formula is C34H39N3O5. The number of amides is 2. The predicted molar refractivity (Wildman–Crippen MR) is 161 cm³/mol. The fraction of sp³-hybridized carbons (Fsp3) is 0.382. The van der Waals surface area contributed by atoms with E-state index < -0.39 is 35.0 Å². The Morgan fingerprint density at radius 2 is 1.45 bits per heavy atom. The van der Waals surface area contributed by atoms with E-state index in [2.05, 4.69) is 51.9 Å². The van der Waals surface area contributed by atoms with Gasteiger partial charge in [0.25, 0.3) is 0 Å². The third-order valence-electron chi connectivity index (χ3n) is 8.47. The zero-order valence-electron chi connectivity index (χ0n) is 24.4. The molecule has 8 heteroatoms. The molecule has 0 bridgehead atoms. The van der Waals surface area contributed by atoms with E-state index in [4.69, 9.17) is 4.74 Å². The largest absolute Gasteiger partial charge is 0.480 e. The molecule has 3 N–H and O–H groups in total. The predicted octanol–water partition coefficient (Wildman–Crippen LogP) is 5.18. The smallest absolute Gasteiger partial charge is 0.408 e. The maximum absolute atomic E-state index is 13.8. The maximum Gasteiger partial charge on any atom is 0.408 e. The Morgan fingerprint density at radius 3 is 2.00 bits per heavy atom. The number of carboxylic acids is 1. The van der Waals surface area contributed by atoms with Crippen LogP contribution in [0.5, 0.6) is 0 Å². The molecule has 0 aromatic heterocycles.